The summed E-state index contributed by atoms with van der Waals surface area (Å²) in [7, 11) is 0. The maximum Gasteiger partial charge on any atom is 0.390 e. The molecule has 10 heteroatoms. The molecule has 0 saturated carbocycles. The summed E-state index contributed by atoms with van der Waals surface area (Å²) in [5.74, 6) is -0.207. The van der Waals surface area contributed by atoms with Gasteiger partial charge in [-0.15, -0.1) is 0 Å². The minimum absolute atomic E-state index is 0.0522. The number of alkyl halides is 3. The zero-order chi connectivity index (χ0) is 24.5. The number of piperidine rings is 1. The van der Waals surface area contributed by atoms with Crippen LogP contribution in [0.4, 0.5) is 19.0 Å². The Morgan fingerprint density at radius 2 is 2.10 bits per heavy atom. The molecule has 0 aliphatic carbocycles. The van der Waals surface area contributed by atoms with Crippen LogP contribution < -0.4 is 5.32 Å². The Morgan fingerprint density at radius 3 is 2.81 bits per heavy atom. The number of halogens is 3. The van der Waals surface area contributed by atoms with Gasteiger partial charge in [-0.25, -0.2) is 9.97 Å². The number of carbonyl (C=O) groups is 1. The molecule has 0 bridgehead atoms. The van der Waals surface area contributed by atoms with Crippen molar-refractivity contribution < 1.29 is 22.1 Å². The van der Waals surface area contributed by atoms with Gasteiger partial charge in [-0.1, -0.05) is 0 Å². The molecule has 0 unspecified atom stereocenters. The summed E-state index contributed by atoms with van der Waals surface area (Å²) in [6.45, 7) is -1.56. The van der Waals surface area contributed by atoms with E-state index < -0.39 is 19.6 Å². The van der Waals surface area contributed by atoms with E-state index in [0.717, 1.165) is 10.1 Å². The molecule has 3 aromatic rings. The van der Waals surface area contributed by atoms with Gasteiger partial charge in [0.1, 0.15) is 5.82 Å². The monoisotopic (exact) mass is 435 g/mol. The number of hydrogen-bond acceptors (Lipinski definition) is 5. The van der Waals surface area contributed by atoms with E-state index in [9.17, 15) is 18.0 Å². The van der Waals surface area contributed by atoms with E-state index in [4.69, 9.17) is 4.11 Å². The fourth-order valence-electron chi connectivity index (χ4n) is 3.63. The van der Waals surface area contributed by atoms with Crippen LogP contribution >= 0.6 is 0 Å². The number of pyridine rings is 2. The van der Waals surface area contributed by atoms with E-state index in [1.807, 2.05) is 0 Å². The zero-order valence-corrected chi connectivity index (χ0v) is 16.6. The van der Waals surface area contributed by atoms with E-state index in [1.165, 1.54) is 12.4 Å². The van der Waals surface area contributed by atoms with Crippen LogP contribution in [0.2, 0.25) is 0 Å². The number of aromatic nitrogens is 4. The molecule has 164 valence electrons. The smallest absolute Gasteiger partial charge is 0.310 e. The SMILES string of the molecule is [2H]C([2H])([2H])n1cc(-c2ccc3cnc(NC(=O)C4CCN(CCC(F)(F)F)CC4)cc3n2)cn1. The maximum absolute atomic E-state index is 12.7. The zero-order valence-electron chi connectivity index (χ0n) is 19.6. The predicted octanol–water partition coefficient (Wildman–Crippen LogP) is 3.63. The molecular formula is C21H23F3N6O. The second-order valence-electron chi connectivity index (χ2n) is 7.60. The lowest BCUT2D eigenvalue weighted by Crippen LogP contribution is -2.39. The first-order chi connectivity index (χ1) is 16.0. The number of nitrogens with one attached hydrogen (secondary N) is 1. The van der Waals surface area contributed by atoms with E-state index in [2.05, 4.69) is 20.4 Å². The molecule has 1 saturated heterocycles. The first-order valence-electron chi connectivity index (χ1n) is 11.4. The third-order valence-corrected chi connectivity index (χ3v) is 5.37. The van der Waals surface area contributed by atoms with E-state index in [0.29, 0.717) is 48.5 Å². The second-order valence-corrected chi connectivity index (χ2v) is 7.60. The quantitative estimate of drug-likeness (QED) is 0.662. The first-order valence-corrected chi connectivity index (χ1v) is 9.90. The molecule has 3 aromatic heterocycles. The lowest BCUT2D eigenvalue weighted by atomic mass is 9.96. The first kappa shape index (κ1) is 17.6. The van der Waals surface area contributed by atoms with Crippen molar-refractivity contribution in [3.05, 3.63) is 36.8 Å². The number of nitrogens with zero attached hydrogens (tertiary/aromatic N) is 5. The predicted molar refractivity (Wildman–Crippen MR) is 110 cm³/mol. The molecule has 4 rings (SSSR count). The fourth-order valence-corrected chi connectivity index (χ4v) is 3.63. The lowest BCUT2D eigenvalue weighted by molar-refractivity contribution is -0.139. The molecule has 1 amide bonds. The highest BCUT2D eigenvalue weighted by Crippen LogP contribution is 2.25. The van der Waals surface area contributed by atoms with Crippen LogP contribution in [0.1, 0.15) is 23.4 Å². The van der Waals surface area contributed by atoms with Crippen molar-refractivity contribution in [2.45, 2.75) is 25.4 Å². The minimum Gasteiger partial charge on any atom is -0.310 e. The lowest BCUT2D eigenvalue weighted by Gasteiger charge is -2.31. The van der Waals surface area contributed by atoms with Crippen molar-refractivity contribution in [1.82, 2.24) is 24.6 Å². The molecule has 0 aromatic carbocycles. The molecule has 1 N–H and O–H groups in total. The van der Waals surface area contributed by atoms with Gasteiger partial charge in [0.05, 0.1) is 23.8 Å². The average molecular weight is 435 g/mol. The van der Waals surface area contributed by atoms with E-state index in [1.54, 1.807) is 29.3 Å². The number of carbonyl (C=O) groups excluding carboxylic acids is 1. The highest BCUT2D eigenvalue weighted by molar-refractivity contribution is 5.93. The summed E-state index contributed by atoms with van der Waals surface area (Å²) in [5.41, 5.74) is 1.63. The van der Waals surface area contributed by atoms with Gasteiger partial charge in [0.15, 0.2) is 0 Å². The Bertz CT molecular complexity index is 1170. The molecule has 1 fully saturated rings. The summed E-state index contributed by atoms with van der Waals surface area (Å²) in [5, 5.41) is 7.38. The normalized spacial score (nSPS) is 17.8. The average Bonchev–Trinajstić information content (AvgIpc) is 3.28. The standard InChI is InChI=1S/C21H23F3N6O/c1-29-13-16(12-26-29)17-3-2-15-11-25-19(10-18(15)27-17)28-20(31)14-4-7-30(8-5-14)9-6-21(22,23)24/h2-3,10-14H,4-9H2,1H3,(H,25,28,31)/i1D3. The fraction of sp³-hybridized carbons (Fsp3) is 0.429. The summed E-state index contributed by atoms with van der Waals surface area (Å²) in [4.78, 5) is 23.2. The van der Waals surface area contributed by atoms with Gasteiger partial charge in [0, 0.05) is 53.0 Å². The molecule has 31 heavy (non-hydrogen) atoms. The van der Waals surface area contributed by atoms with Crippen LogP contribution in [0, 0.1) is 5.92 Å². The van der Waals surface area contributed by atoms with Crippen LogP contribution in [0.5, 0.6) is 0 Å². The van der Waals surface area contributed by atoms with Crippen LogP contribution in [0.3, 0.4) is 0 Å². The highest BCUT2D eigenvalue weighted by atomic mass is 19.4. The number of rotatable bonds is 5. The van der Waals surface area contributed by atoms with Gasteiger partial charge < -0.3 is 10.2 Å². The van der Waals surface area contributed by atoms with Gasteiger partial charge in [-0.2, -0.15) is 18.3 Å². The largest absolute Gasteiger partial charge is 0.390 e. The minimum atomic E-state index is -4.18. The van der Waals surface area contributed by atoms with Crippen LogP contribution in [0.25, 0.3) is 22.2 Å². The second kappa shape index (κ2) is 8.62. The van der Waals surface area contributed by atoms with Crippen molar-refractivity contribution in [3.63, 3.8) is 0 Å². The summed E-state index contributed by atoms with van der Waals surface area (Å²) < 4.78 is 60.4. The Labute approximate surface area is 181 Å². The molecule has 1 aliphatic heterocycles. The Morgan fingerprint density at radius 1 is 1.29 bits per heavy atom. The number of aryl methyl sites for hydroxylation is 1. The van der Waals surface area contributed by atoms with Crippen molar-refractivity contribution in [3.8, 4) is 11.3 Å². The molecule has 4 heterocycles. The Balaban J connectivity index is 1.41. The van der Waals surface area contributed by atoms with Gasteiger partial charge >= 0.3 is 6.18 Å². The molecule has 1 aliphatic rings. The summed E-state index contributed by atoms with van der Waals surface area (Å²) >= 11 is 0. The molecule has 0 spiro atoms. The number of hydrogen-bond donors (Lipinski definition) is 1. The van der Waals surface area contributed by atoms with Gasteiger partial charge in [-0.05, 0) is 38.1 Å². The van der Waals surface area contributed by atoms with Crippen LogP contribution in [0.15, 0.2) is 36.8 Å². The Hall–Kier alpha value is -3.01. The van der Waals surface area contributed by atoms with Crippen molar-refractivity contribution in [1.29, 1.82) is 0 Å². The van der Waals surface area contributed by atoms with Gasteiger partial charge in [0.25, 0.3) is 0 Å². The number of likely N-dealkylation sites (tertiary alicyclic amines) is 1. The maximum atomic E-state index is 12.7. The van der Waals surface area contributed by atoms with Crippen molar-refractivity contribution >= 4 is 22.6 Å². The third kappa shape index (κ3) is 5.38. The summed E-state index contributed by atoms with van der Waals surface area (Å²) in [6, 6.07) is 5.15. The van der Waals surface area contributed by atoms with Crippen molar-refractivity contribution in [2.24, 2.45) is 12.9 Å². The Kier molecular flexibility index (Phi) is 4.91. The van der Waals surface area contributed by atoms with Crippen molar-refractivity contribution in [2.75, 3.05) is 25.0 Å². The molecule has 0 atom stereocenters. The topological polar surface area (TPSA) is 75.9 Å². The highest BCUT2D eigenvalue weighted by Gasteiger charge is 2.30. The number of anilines is 1. The molecule has 0 radical (unpaired) electrons. The van der Waals surface area contributed by atoms with Crippen LogP contribution in [-0.4, -0.2) is 56.4 Å². The molecule has 7 nitrogen and oxygen atoms in total. The third-order valence-electron chi connectivity index (χ3n) is 5.37. The molecular weight excluding hydrogens is 409 g/mol. The van der Waals surface area contributed by atoms with Crippen LogP contribution in [-0.2, 0) is 11.8 Å². The number of fused-ring (bicyclic) bond motifs is 1. The van der Waals surface area contributed by atoms with E-state index in [-0.39, 0.29) is 18.4 Å². The van der Waals surface area contributed by atoms with Gasteiger partial charge in [-0.3, -0.25) is 9.48 Å². The summed E-state index contributed by atoms with van der Waals surface area (Å²) in [6.07, 6.45) is 0.321. The van der Waals surface area contributed by atoms with Gasteiger partial charge in [0.2, 0.25) is 5.91 Å². The van der Waals surface area contributed by atoms with E-state index >= 15 is 0 Å². The number of amides is 1.